The third-order valence-electron chi connectivity index (χ3n) is 3.72. The van der Waals surface area contributed by atoms with Crippen LogP contribution in [0, 0.1) is 11.8 Å². The standard InChI is InChI=1S/C13H14O2/c1-13(15-2)5-3-8-9(4-6-13)12(14)11-7-10(8)11/h3-6,10-11H,7H2,1-2H3. The maximum Gasteiger partial charge on any atom is 0.166 e. The molecule has 0 aromatic heterocycles. The fourth-order valence-electron chi connectivity index (χ4n) is 2.46. The monoisotopic (exact) mass is 202 g/mol. The van der Waals surface area contributed by atoms with E-state index < -0.39 is 0 Å². The zero-order valence-corrected chi connectivity index (χ0v) is 8.99. The first-order chi connectivity index (χ1) is 7.14. The van der Waals surface area contributed by atoms with E-state index in [4.69, 9.17) is 4.74 Å². The first kappa shape index (κ1) is 9.10. The molecule has 0 N–H and O–H groups in total. The van der Waals surface area contributed by atoms with Crippen molar-refractivity contribution in [3.8, 4) is 0 Å². The molecule has 0 amide bonds. The molecule has 0 spiro atoms. The summed E-state index contributed by atoms with van der Waals surface area (Å²) < 4.78 is 5.40. The molecule has 0 heterocycles. The average molecular weight is 202 g/mol. The first-order valence-electron chi connectivity index (χ1n) is 5.37. The van der Waals surface area contributed by atoms with E-state index in [-0.39, 0.29) is 5.60 Å². The summed E-state index contributed by atoms with van der Waals surface area (Å²) in [6.07, 6.45) is 9.08. The predicted molar refractivity (Wildman–Crippen MR) is 57.3 cm³/mol. The molecular weight excluding hydrogens is 188 g/mol. The summed E-state index contributed by atoms with van der Waals surface area (Å²) in [6.45, 7) is 2.00. The van der Waals surface area contributed by atoms with Gasteiger partial charge in [0.25, 0.3) is 0 Å². The minimum Gasteiger partial charge on any atom is -0.370 e. The number of rotatable bonds is 1. The van der Waals surface area contributed by atoms with Crippen LogP contribution in [0.4, 0.5) is 0 Å². The topological polar surface area (TPSA) is 26.3 Å². The van der Waals surface area contributed by atoms with Crippen LogP contribution >= 0.6 is 0 Å². The highest BCUT2D eigenvalue weighted by molar-refractivity contribution is 6.06. The van der Waals surface area contributed by atoms with Crippen LogP contribution in [0.2, 0.25) is 0 Å². The molecule has 0 saturated heterocycles. The molecule has 3 rings (SSSR count). The molecule has 0 bridgehead atoms. The van der Waals surface area contributed by atoms with Crippen molar-refractivity contribution in [3.63, 3.8) is 0 Å². The Bertz CT molecular complexity index is 428. The van der Waals surface area contributed by atoms with Gasteiger partial charge in [-0.05, 0) is 37.0 Å². The van der Waals surface area contributed by atoms with Crippen molar-refractivity contribution in [1.82, 2.24) is 0 Å². The van der Waals surface area contributed by atoms with Gasteiger partial charge in [0.05, 0.1) is 0 Å². The number of hydrogen-bond donors (Lipinski definition) is 0. The molecule has 3 aliphatic carbocycles. The number of carbonyl (C=O) groups excluding carboxylic acids is 1. The van der Waals surface area contributed by atoms with E-state index in [2.05, 4.69) is 6.08 Å². The van der Waals surface area contributed by atoms with Crippen LogP contribution in [0.15, 0.2) is 35.5 Å². The van der Waals surface area contributed by atoms with Crippen LogP contribution in [0.3, 0.4) is 0 Å². The minimum atomic E-state index is -0.366. The van der Waals surface area contributed by atoms with Gasteiger partial charge < -0.3 is 4.74 Å². The van der Waals surface area contributed by atoms with Gasteiger partial charge in [0.2, 0.25) is 0 Å². The number of carbonyl (C=O) groups is 1. The molecule has 3 aliphatic rings. The number of allylic oxidation sites excluding steroid dienone is 4. The number of methoxy groups -OCH3 is 1. The predicted octanol–water partition coefficient (Wildman–Crippen LogP) is 2.03. The molecule has 3 unspecified atom stereocenters. The summed E-state index contributed by atoms with van der Waals surface area (Å²) in [4.78, 5) is 11.8. The van der Waals surface area contributed by atoms with Crippen molar-refractivity contribution in [3.05, 3.63) is 35.5 Å². The molecule has 3 atom stereocenters. The second kappa shape index (κ2) is 2.70. The van der Waals surface area contributed by atoms with Gasteiger partial charge in [-0.3, -0.25) is 4.79 Å². The lowest BCUT2D eigenvalue weighted by molar-refractivity contribution is -0.116. The molecule has 0 aromatic carbocycles. The van der Waals surface area contributed by atoms with Crippen molar-refractivity contribution in [1.29, 1.82) is 0 Å². The summed E-state index contributed by atoms with van der Waals surface area (Å²) in [7, 11) is 1.69. The smallest absolute Gasteiger partial charge is 0.166 e. The maximum atomic E-state index is 11.8. The van der Waals surface area contributed by atoms with Gasteiger partial charge in [0.1, 0.15) is 5.60 Å². The van der Waals surface area contributed by atoms with Gasteiger partial charge >= 0.3 is 0 Å². The van der Waals surface area contributed by atoms with Crippen LogP contribution in [0.1, 0.15) is 13.3 Å². The Morgan fingerprint density at radius 1 is 1.33 bits per heavy atom. The van der Waals surface area contributed by atoms with Gasteiger partial charge in [0.15, 0.2) is 5.78 Å². The van der Waals surface area contributed by atoms with Crippen molar-refractivity contribution in [2.24, 2.45) is 11.8 Å². The number of ether oxygens (including phenoxy) is 1. The lowest BCUT2D eigenvalue weighted by Gasteiger charge is -2.18. The minimum absolute atomic E-state index is 0.302. The normalized spacial score (nSPS) is 41.6. The largest absolute Gasteiger partial charge is 0.370 e. The number of hydrogen-bond acceptors (Lipinski definition) is 2. The quantitative estimate of drug-likeness (QED) is 0.650. The van der Waals surface area contributed by atoms with E-state index >= 15 is 0 Å². The van der Waals surface area contributed by atoms with Crippen LogP contribution in [-0.2, 0) is 9.53 Å². The Balaban J connectivity index is 2.03. The zero-order valence-electron chi connectivity index (χ0n) is 8.99. The highest BCUT2D eigenvalue weighted by atomic mass is 16.5. The Morgan fingerprint density at radius 2 is 2.07 bits per heavy atom. The van der Waals surface area contributed by atoms with Gasteiger partial charge in [-0.25, -0.2) is 0 Å². The maximum absolute atomic E-state index is 11.8. The molecule has 2 nitrogen and oxygen atoms in total. The third kappa shape index (κ3) is 1.18. The lowest BCUT2D eigenvalue weighted by Crippen LogP contribution is -2.20. The Morgan fingerprint density at radius 3 is 2.80 bits per heavy atom. The summed E-state index contributed by atoms with van der Waals surface area (Å²) in [6, 6.07) is 0. The molecule has 78 valence electrons. The van der Waals surface area contributed by atoms with E-state index in [0.29, 0.717) is 17.6 Å². The van der Waals surface area contributed by atoms with Crippen LogP contribution in [-0.4, -0.2) is 18.5 Å². The van der Waals surface area contributed by atoms with Gasteiger partial charge in [0, 0.05) is 18.6 Å². The summed E-state index contributed by atoms with van der Waals surface area (Å²) in [5.41, 5.74) is 1.77. The SMILES string of the molecule is COC1(C)C=CC2=C(C=C1)C1CC1C2=O. The third-order valence-corrected chi connectivity index (χ3v) is 3.72. The average Bonchev–Trinajstić information content (AvgIpc) is 2.97. The van der Waals surface area contributed by atoms with Crippen molar-refractivity contribution in [2.75, 3.05) is 7.11 Å². The fraction of sp³-hybridized carbons (Fsp3) is 0.462. The van der Waals surface area contributed by atoms with Crippen LogP contribution in [0.5, 0.6) is 0 Å². The van der Waals surface area contributed by atoms with Gasteiger partial charge in [-0.2, -0.15) is 0 Å². The van der Waals surface area contributed by atoms with E-state index in [1.54, 1.807) is 7.11 Å². The summed E-state index contributed by atoms with van der Waals surface area (Å²) in [5.74, 6) is 1.14. The van der Waals surface area contributed by atoms with Crippen LogP contribution < -0.4 is 0 Å². The summed E-state index contributed by atoms with van der Waals surface area (Å²) >= 11 is 0. The highest BCUT2D eigenvalue weighted by Gasteiger charge is 2.52. The molecular formula is C13H14O2. The van der Waals surface area contributed by atoms with E-state index in [9.17, 15) is 4.79 Å². The highest BCUT2D eigenvalue weighted by Crippen LogP contribution is 2.54. The van der Waals surface area contributed by atoms with E-state index in [1.165, 1.54) is 5.57 Å². The lowest BCUT2D eigenvalue weighted by atomic mass is 10.1. The van der Waals surface area contributed by atoms with Gasteiger partial charge in [-0.15, -0.1) is 0 Å². The zero-order chi connectivity index (χ0) is 10.6. The molecule has 15 heavy (non-hydrogen) atoms. The molecule has 0 aliphatic heterocycles. The van der Waals surface area contributed by atoms with Crippen molar-refractivity contribution in [2.45, 2.75) is 18.9 Å². The molecule has 1 fully saturated rings. The first-order valence-corrected chi connectivity index (χ1v) is 5.37. The number of ketones is 1. The van der Waals surface area contributed by atoms with Crippen LogP contribution in [0.25, 0.3) is 0 Å². The van der Waals surface area contributed by atoms with E-state index in [1.807, 2.05) is 25.2 Å². The number of Topliss-reactive ketones (excluding diaryl/α,β-unsaturated/α-hetero) is 1. The van der Waals surface area contributed by atoms with Gasteiger partial charge in [-0.1, -0.05) is 12.2 Å². The second-order valence-corrected chi connectivity index (χ2v) is 4.74. The fourth-order valence-corrected chi connectivity index (χ4v) is 2.46. The summed E-state index contributed by atoms with van der Waals surface area (Å²) in [5, 5.41) is 0. The molecule has 0 aromatic rings. The molecule has 0 radical (unpaired) electrons. The second-order valence-electron chi connectivity index (χ2n) is 4.74. The Kier molecular flexibility index (Phi) is 1.64. The Labute approximate surface area is 89.3 Å². The molecule has 2 heteroatoms. The van der Waals surface area contributed by atoms with Crippen molar-refractivity contribution < 1.29 is 9.53 Å². The molecule has 1 saturated carbocycles. The van der Waals surface area contributed by atoms with Crippen molar-refractivity contribution >= 4 is 5.78 Å². The number of fused-ring (bicyclic) bond motifs is 2. The Hall–Kier alpha value is -1.15. The van der Waals surface area contributed by atoms with E-state index in [0.717, 1.165) is 12.0 Å².